The minimum absolute atomic E-state index is 0.0208. The van der Waals surface area contributed by atoms with Crippen LogP contribution in [0.4, 0.5) is 0 Å². The number of carbonyl (C=O) groups is 1. The zero-order valence-electron chi connectivity index (χ0n) is 35.1. The van der Waals surface area contributed by atoms with E-state index in [1.807, 2.05) is 13.1 Å². The first-order valence-electron chi connectivity index (χ1n) is 22.5. The average molecular weight is 832 g/mol. The van der Waals surface area contributed by atoms with E-state index in [2.05, 4.69) is 20.1 Å². The minimum atomic E-state index is -2.28. The lowest BCUT2D eigenvalue weighted by molar-refractivity contribution is -0.292. The van der Waals surface area contributed by atoms with Crippen LogP contribution in [0.15, 0.2) is 24.3 Å². The lowest BCUT2D eigenvalue weighted by atomic mass is 9.81. The second-order valence-corrected chi connectivity index (χ2v) is 24.0. The molecule has 0 aromatic heterocycles. The van der Waals surface area contributed by atoms with E-state index in [9.17, 15) is 9.59 Å². The summed E-state index contributed by atoms with van der Waals surface area (Å²) in [5.41, 5.74) is 8.45. The maximum Gasteiger partial charge on any atom is 0.184 e. The van der Waals surface area contributed by atoms with Gasteiger partial charge in [-0.1, -0.05) is 20.1 Å². The van der Waals surface area contributed by atoms with Crippen molar-refractivity contribution in [3.63, 3.8) is 0 Å². The third kappa shape index (κ3) is 8.51. The zero-order valence-corrected chi connectivity index (χ0v) is 36.1. The molecule has 3 N–H and O–H groups in total. The molecule has 1 spiro atoms. The molecule has 0 saturated carbocycles. The molecular formula is C44H69NO12Si. The smallest absolute Gasteiger partial charge is 0.184 e. The number of Topliss-reactive ketones (excluding diaryl/α,β-unsaturated/α-hetero) is 1. The Kier molecular flexibility index (Phi) is 12.3. The Labute approximate surface area is 345 Å². The van der Waals surface area contributed by atoms with Gasteiger partial charge in [-0.2, -0.15) is 0 Å². The molecular weight excluding hydrogens is 763 g/mol. The topological polar surface area (TPSA) is 156 Å². The highest BCUT2D eigenvalue weighted by Gasteiger charge is 2.68. The van der Waals surface area contributed by atoms with Crippen LogP contribution >= 0.6 is 0 Å². The van der Waals surface area contributed by atoms with Gasteiger partial charge in [0.15, 0.2) is 14.1 Å². The Hall–Kier alpha value is -1.11. The van der Waals surface area contributed by atoms with Gasteiger partial charge >= 0.3 is 0 Å². The van der Waals surface area contributed by atoms with Gasteiger partial charge in [0.1, 0.15) is 36.3 Å². The SMILES string of the molecule is C=C1C[C@@H]2CC[C@@]34C[C@H]5OC6[C@@H](O[C@H]7CC[C@H](CC(=O)C[C@@H]8[C@@H](OC)[C@@H](C[C@@H](CN)OCC[Si](C)(C)O)O[C@H]8C[C@H]8O[C@@H](CC[C@@H]1O2)C[C@@H](C)C8=C)O[C@@H]7[C@@H]6O3)C5O4. The number of ether oxygens (including phenoxy) is 10. The predicted molar refractivity (Wildman–Crippen MR) is 215 cm³/mol. The molecule has 0 radical (unpaired) electrons. The molecule has 14 heteroatoms. The van der Waals surface area contributed by atoms with Crippen molar-refractivity contribution in [1.82, 2.24) is 0 Å². The monoisotopic (exact) mass is 831 g/mol. The molecule has 10 saturated heterocycles. The van der Waals surface area contributed by atoms with Crippen molar-refractivity contribution in [1.29, 1.82) is 0 Å². The third-order valence-electron chi connectivity index (χ3n) is 15.0. The van der Waals surface area contributed by atoms with Gasteiger partial charge in [-0.05, 0) is 81.1 Å². The number of fused-ring (bicyclic) bond motifs is 6. The molecule has 10 rings (SSSR count). The van der Waals surface area contributed by atoms with Crippen LogP contribution in [0.3, 0.4) is 0 Å². The summed E-state index contributed by atoms with van der Waals surface area (Å²) < 4.78 is 67.0. The number of carbonyl (C=O) groups excluding carboxylic acids is 1. The Morgan fingerprint density at radius 3 is 2.36 bits per heavy atom. The van der Waals surface area contributed by atoms with Gasteiger partial charge < -0.3 is 57.9 Å². The first-order chi connectivity index (χ1) is 27.8. The molecule has 19 atom stereocenters. The molecule has 10 heterocycles. The van der Waals surface area contributed by atoms with Gasteiger partial charge in [-0.25, -0.2) is 0 Å². The van der Waals surface area contributed by atoms with E-state index in [4.69, 9.17) is 53.1 Å². The lowest BCUT2D eigenvalue weighted by Crippen LogP contribution is -2.61. The summed E-state index contributed by atoms with van der Waals surface area (Å²) in [5.74, 6) is -0.603. The molecule has 10 aliphatic rings. The zero-order chi connectivity index (χ0) is 40.5. The van der Waals surface area contributed by atoms with Gasteiger partial charge in [0.2, 0.25) is 0 Å². The van der Waals surface area contributed by atoms with Gasteiger partial charge in [0.25, 0.3) is 0 Å². The Morgan fingerprint density at radius 2 is 1.57 bits per heavy atom. The standard InChI is InChI=1S/C44H69NO12Si/c1-23-15-27-7-9-32-24(2)16-29(50-32)11-12-44-21-37-40(56-44)41-42(55-37)43(57-44)39-33(54-41)10-8-28(52-39)17-26(46)18-31-35(20-34(51-27)25(23)3)53-36(38(31)48-4)19-30(22-45)49-13-14-58(5,6)47/h23,27-43,47H,2-3,7-22,45H2,1,4-6H3/t23-,27+,28-,29+,30+,31+,32+,33+,34-,35+,36-,37-,38-,39+,40?,41+,42?,43+,44+/m1/s1. The lowest BCUT2D eigenvalue weighted by Gasteiger charge is -2.47. The normalized spacial score (nSPS) is 48.5. The Balaban J connectivity index is 0.970. The van der Waals surface area contributed by atoms with Crippen LogP contribution in [-0.4, -0.2) is 143 Å². The van der Waals surface area contributed by atoms with Crippen molar-refractivity contribution in [2.75, 3.05) is 20.3 Å². The third-order valence-corrected chi connectivity index (χ3v) is 16.5. The van der Waals surface area contributed by atoms with E-state index in [0.717, 1.165) is 56.1 Å². The van der Waals surface area contributed by atoms with Crippen LogP contribution in [-0.2, 0) is 52.2 Å². The molecule has 12 bridgehead atoms. The van der Waals surface area contributed by atoms with Crippen molar-refractivity contribution >= 4 is 14.1 Å². The molecule has 58 heavy (non-hydrogen) atoms. The summed E-state index contributed by atoms with van der Waals surface area (Å²) >= 11 is 0. The van der Waals surface area contributed by atoms with Gasteiger partial charge in [0, 0.05) is 64.7 Å². The van der Waals surface area contributed by atoms with Crippen molar-refractivity contribution in [2.24, 2.45) is 17.6 Å². The highest BCUT2D eigenvalue weighted by molar-refractivity contribution is 6.69. The molecule has 10 aliphatic heterocycles. The predicted octanol–water partition coefficient (Wildman–Crippen LogP) is 4.66. The quantitative estimate of drug-likeness (QED) is 0.258. The fourth-order valence-corrected chi connectivity index (χ4v) is 12.5. The maximum atomic E-state index is 14.3. The summed E-state index contributed by atoms with van der Waals surface area (Å²) in [4.78, 5) is 24.7. The summed E-state index contributed by atoms with van der Waals surface area (Å²) in [7, 11) is -0.573. The Bertz CT molecular complexity index is 1530. The second-order valence-electron chi connectivity index (χ2n) is 19.8. The molecule has 2 unspecified atom stereocenters. The van der Waals surface area contributed by atoms with E-state index < -0.39 is 14.1 Å². The van der Waals surface area contributed by atoms with Crippen LogP contribution in [0.1, 0.15) is 90.4 Å². The molecule has 10 fully saturated rings. The van der Waals surface area contributed by atoms with Crippen molar-refractivity contribution in [3.8, 4) is 0 Å². The van der Waals surface area contributed by atoms with Crippen LogP contribution in [0.5, 0.6) is 0 Å². The van der Waals surface area contributed by atoms with E-state index in [1.54, 1.807) is 7.11 Å². The Morgan fingerprint density at radius 1 is 0.828 bits per heavy atom. The number of hydrogen-bond acceptors (Lipinski definition) is 13. The van der Waals surface area contributed by atoms with Crippen LogP contribution < -0.4 is 5.73 Å². The van der Waals surface area contributed by atoms with E-state index in [1.165, 1.54) is 0 Å². The summed E-state index contributed by atoms with van der Waals surface area (Å²) in [6.45, 7) is 15.8. The van der Waals surface area contributed by atoms with E-state index in [0.29, 0.717) is 44.9 Å². The number of rotatable bonds is 8. The first kappa shape index (κ1) is 42.2. The van der Waals surface area contributed by atoms with E-state index in [-0.39, 0.29) is 128 Å². The molecule has 326 valence electrons. The molecule has 0 aromatic carbocycles. The molecule has 0 aromatic rings. The largest absolute Gasteiger partial charge is 0.432 e. The summed E-state index contributed by atoms with van der Waals surface area (Å²) in [6.07, 6.45) is 5.57. The van der Waals surface area contributed by atoms with Gasteiger partial charge in [0.05, 0.1) is 67.1 Å². The first-order valence-corrected chi connectivity index (χ1v) is 25.7. The van der Waals surface area contributed by atoms with Crippen molar-refractivity contribution in [2.45, 2.75) is 213 Å². The molecule has 0 amide bonds. The average Bonchev–Trinajstić information content (AvgIpc) is 3.85. The molecule has 0 aliphatic carbocycles. The van der Waals surface area contributed by atoms with Crippen LogP contribution in [0.2, 0.25) is 19.1 Å². The fourth-order valence-electron chi connectivity index (χ4n) is 11.9. The van der Waals surface area contributed by atoms with Crippen LogP contribution in [0, 0.1) is 11.8 Å². The van der Waals surface area contributed by atoms with Gasteiger partial charge in [-0.3, -0.25) is 4.79 Å². The van der Waals surface area contributed by atoms with Crippen LogP contribution in [0.25, 0.3) is 0 Å². The maximum absolute atomic E-state index is 14.3. The van der Waals surface area contributed by atoms with Gasteiger partial charge in [-0.15, -0.1) is 0 Å². The summed E-state index contributed by atoms with van der Waals surface area (Å²) in [6, 6.07) is 0.623. The van der Waals surface area contributed by atoms with Crippen molar-refractivity contribution < 1.29 is 57.0 Å². The number of methoxy groups -OCH3 is 1. The highest BCUT2D eigenvalue weighted by atomic mass is 28.4. The fraction of sp³-hybridized carbons (Fsp3) is 0.886. The van der Waals surface area contributed by atoms with E-state index >= 15 is 0 Å². The molecule has 13 nitrogen and oxygen atoms in total. The minimum Gasteiger partial charge on any atom is -0.432 e. The number of ketones is 1. The summed E-state index contributed by atoms with van der Waals surface area (Å²) in [5, 5.41) is 0. The number of hydrogen-bond donors (Lipinski definition) is 2. The second kappa shape index (κ2) is 16.9. The highest BCUT2D eigenvalue weighted by Crippen LogP contribution is 2.54. The van der Waals surface area contributed by atoms with Crippen molar-refractivity contribution in [3.05, 3.63) is 24.3 Å². The number of nitrogens with two attached hydrogens (primary N) is 1.